The van der Waals surface area contributed by atoms with E-state index < -0.39 is 0 Å². The monoisotopic (exact) mass is 283 g/mol. The van der Waals surface area contributed by atoms with Crippen LogP contribution < -0.4 is 16.0 Å². The first kappa shape index (κ1) is 15.1. The number of hydrogen-bond donors (Lipinski definition) is 3. The summed E-state index contributed by atoms with van der Waals surface area (Å²) in [5.74, 6) is -0.0586. The van der Waals surface area contributed by atoms with Crippen LogP contribution in [0.3, 0.4) is 0 Å². The van der Waals surface area contributed by atoms with E-state index in [-0.39, 0.29) is 5.91 Å². The van der Waals surface area contributed by atoms with Gasteiger partial charge in [-0.25, -0.2) is 0 Å². The van der Waals surface area contributed by atoms with Crippen LogP contribution in [0.5, 0.6) is 0 Å². The lowest BCUT2D eigenvalue weighted by molar-refractivity contribution is -0.114. The molecule has 3 N–H and O–H groups in total. The lowest BCUT2D eigenvalue weighted by Crippen LogP contribution is -2.21. The Morgan fingerprint density at radius 1 is 0.952 bits per heavy atom. The highest BCUT2D eigenvalue weighted by atomic mass is 16.1. The summed E-state index contributed by atoms with van der Waals surface area (Å²) in [6, 6.07) is 18.0. The first-order valence-electron chi connectivity index (χ1n) is 7.10. The molecule has 0 aromatic heterocycles. The van der Waals surface area contributed by atoms with Gasteiger partial charge in [0.05, 0.1) is 0 Å². The lowest BCUT2D eigenvalue weighted by atomic mass is 10.2. The Kier molecular flexibility index (Phi) is 5.79. The van der Waals surface area contributed by atoms with E-state index in [1.54, 1.807) is 0 Å². The zero-order valence-electron chi connectivity index (χ0n) is 12.2. The van der Waals surface area contributed by atoms with Gasteiger partial charge < -0.3 is 16.0 Å². The highest BCUT2D eigenvalue weighted by Crippen LogP contribution is 2.14. The Bertz CT molecular complexity index is 569. The molecule has 0 unspecified atom stereocenters. The van der Waals surface area contributed by atoms with Gasteiger partial charge in [-0.2, -0.15) is 0 Å². The maximum Gasteiger partial charge on any atom is 0.221 e. The molecule has 0 aliphatic carbocycles. The van der Waals surface area contributed by atoms with Crippen LogP contribution in [0.2, 0.25) is 0 Å². The van der Waals surface area contributed by atoms with Crippen molar-refractivity contribution in [1.29, 1.82) is 0 Å². The van der Waals surface area contributed by atoms with Gasteiger partial charge >= 0.3 is 0 Å². The summed E-state index contributed by atoms with van der Waals surface area (Å²) in [7, 11) is 0. The molecule has 0 fully saturated rings. The van der Waals surface area contributed by atoms with Gasteiger partial charge in [-0.15, -0.1) is 0 Å². The highest BCUT2D eigenvalue weighted by Gasteiger charge is 1.97. The number of anilines is 2. The third kappa shape index (κ3) is 5.67. The number of carbonyl (C=O) groups is 1. The summed E-state index contributed by atoms with van der Waals surface area (Å²) in [6.07, 6.45) is 0. The van der Waals surface area contributed by atoms with Crippen molar-refractivity contribution in [2.45, 2.75) is 13.5 Å². The molecule has 0 aliphatic heterocycles. The topological polar surface area (TPSA) is 53.2 Å². The third-order valence-electron chi connectivity index (χ3n) is 2.99. The van der Waals surface area contributed by atoms with Crippen LogP contribution in [-0.4, -0.2) is 19.0 Å². The second-order valence-corrected chi connectivity index (χ2v) is 4.85. The van der Waals surface area contributed by atoms with Crippen LogP contribution in [0.25, 0.3) is 0 Å². The molecule has 0 radical (unpaired) electrons. The smallest absolute Gasteiger partial charge is 0.221 e. The fourth-order valence-electron chi connectivity index (χ4n) is 2.03. The van der Waals surface area contributed by atoms with Gasteiger partial charge in [0, 0.05) is 37.9 Å². The molecule has 1 amide bonds. The van der Waals surface area contributed by atoms with E-state index >= 15 is 0 Å². The standard InChI is InChI=1S/C17H21N3O/c1-14(21)20-17-9-5-8-16(12-17)19-11-10-18-13-15-6-3-2-4-7-15/h2-9,12,18-19H,10-11,13H2,1H3,(H,20,21). The average Bonchev–Trinajstić information content (AvgIpc) is 2.48. The van der Waals surface area contributed by atoms with Gasteiger partial charge in [-0.05, 0) is 23.8 Å². The van der Waals surface area contributed by atoms with E-state index in [1.165, 1.54) is 12.5 Å². The Morgan fingerprint density at radius 3 is 2.48 bits per heavy atom. The average molecular weight is 283 g/mol. The molecule has 0 atom stereocenters. The normalized spacial score (nSPS) is 10.1. The molecule has 2 aromatic rings. The van der Waals surface area contributed by atoms with Crippen molar-refractivity contribution >= 4 is 17.3 Å². The predicted molar refractivity (Wildman–Crippen MR) is 87.4 cm³/mol. The summed E-state index contributed by atoms with van der Waals surface area (Å²) in [6.45, 7) is 4.08. The van der Waals surface area contributed by atoms with Crippen LogP contribution in [0.15, 0.2) is 54.6 Å². The zero-order valence-corrected chi connectivity index (χ0v) is 12.2. The Hall–Kier alpha value is -2.33. The summed E-state index contributed by atoms with van der Waals surface area (Å²) in [5.41, 5.74) is 3.10. The second-order valence-electron chi connectivity index (χ2n) is 4.85. The number of benzene rings is 2. The molecule has 4 heteroatoms. The van der Waals surface area contributed by atoms with Crippen molar-refractivity contribution in [1.82, 2.24) is 5.32 Å². The van der Waals surface area contributed by atoms with Gasteiger partial charge in [0.15, 0.2) is 0 Å². The first-order chi connectivity index (χ1) is 10.2. The van der Waals surface area contributed by atoms with Crippen LogP contribution in [0.1, 0.15) is 12.5 Å². The molecule has 110 valence electrons. The second kappa shape index (κ2) is 8.07. The van der Waals surface area contributed by atoms with Gasteiger partial charge in [0.2, 0.25) is 5.91 Å². The van der Waals surface area contributed by atoms with Crippen molar-refractivity contribution in [2.24, 2.45) is 0 Å². The molecule has 2 aromatic carbocycles. The quantitative estimate of drug-likeness (QED) is 0.685. The van der Waals surface area contributed by atoms with Crippen molar-refractivity contribution in [3.05, 3.63) is 60.2 Å². The van der Waals surface area contributed by atoms with Crippen molar-refractivity contribution in [2.75, 3.05) is 23.7 Å². The molecule has 0 saturated heterocycles. The fraction of sp³-hybridized carbons (Fsp3) is 0.235. The maximum atomic E-state index is 11.0. The van der Waals surface area contributed by atoms with E-state index in [4.69, 9.17) is 0 Å². The third-order valence-corrected chi connectivity index (χ3v) is 2.99. The number of carbonyl (C=O) groups excluding carboxylic acids is 1. The Morgan fingerprint density at radius 2 is 1.71 bits per heavy atom. The number of rotatable bonds is 7. The van der Waals surface area contributed by atoms with Crippen molar-refractivity contribution in [3.63, 3.8) is 0 Å². The number of amides is 1. The van der Waals surface area contributed by atoms with Crippen LogP contribution in [-0.2, 0) is 11.3 Å². The molecule has 0 saturated carbocycles. The molecular weight excluding hydrogens is 262 g/mol. The van der Waals surface area contributed by atoms with Gasteiger partial charge in [0.1, 0.15) is 0 Å². The van der Waals surface area contributed by atoms with Crippen LogP contribution in [0, 0.1) is 0 Å². The molecule has 21 heavy (non-hydrogen) atoms. The predicted octanol–water partition coefficient (Wildman–Crippen LogP) is 2.85. The van der Waals surface area contributed by atoms with E-state index in [0.717, 1.165) is 31.0 Å². The van der Waals surface area contributed by atoms with Crippen LogP contribution >= 0.6 is 0 Å². The summed E-state index contributed by atoms with van der Waals surface area (Å²) >= 11 is 0. The largest absolute Gasteiger partial charge is 0.384 e. The van der Waals surface area contributed by atoms with Crippen LogP contribution in [0.4, 0.5) is 11.4 Å². The van der Waals surface area contributed by atoms with Crippen molar-refractivity contribution < 1.29 is 4.79 Å². The fourth-order valence-corrected chi connectivity index (χ4v) is 2.03. The van der Waals surface area contributed by atoms with E-state index in [0.29, 0.717) is 0 Å². The summed E-state index contributed by atoms with van der Waals surface area (Å²) < 4.78 is 0. The molecule has 0 spiro atoms. The number of nitrogens with one attached hydrogen (secondary N) is 3. The van der Waals surface area contributed by atoms with E-state index in [9.17, 15) is 4.79 Å². The van der Waals surface area contributed by atoms with Gasteiger partial charge in [-0.1, -0.05) is 36.4 Å². The SMILES string of the molecule is CC(=O)Nc1cccc(NCCNCc2ccccc2)c1. The van der Waals surface area contributed by atoms with E-state index in [2.05, 4.69) is 28.1 Å². The molecule has 0 aliphatic rings. The minimum Gasteiger partial charge on any atom is -0.384 e. The van der Waals surface area contributed by atoms with E-state index in [1.807, 2.05) is 42.5 Å². The number of hydrogen-bond acceptors (Lipinski definition) is 3. The molecule has 4 nitrogen and oxygen atoms in total. The van der Waals surface area contributed by atoms with Gasteiger partial charge in [-0.3, -0.25) is 4.79 Å². The summed E-state index contributed by atoms with van der Waals surface area (Å²) in [5, 5.41) is 9.49. The molecule has 0 bridgehead atoms. The summed E-state index contributed by atoms with van der Waals surface area (Å²) in [4.78, 5) is 11.0. The highest BCUT2D eigenvalue weighted by molar-refractivity contribution is 5.89. The Labute approximate surface area is 125 Å². The van der Waals surface area contributed by atoms with Crippen molar-refractivity contribution in [3.8, 4) is 0 Å². The molecular formula is C17H21N3O. The van der Waals surface area contributed by atoms with Gasteiger partial charge in [0.25, 0.3) is 0 Å². The molecule has 2 rings (SSSR count). The Balaban J connectivity index is 1.70. The minimum atomic E-state index is -0.0586. The lowest BCUT2D eigenvalue weighted by Gasteiger charge is -2.09. The minimum absolute atomic E-state index is 0.0586. The molecule has 0 heterocycles. The maximum absolute atomic E-state index is 11.0. The zero-order chi connectivity index (χ0) is 14.9. The first-order valence-corrected chi connectivity index (χ1v) is 7.10.